The van der Waals surface area contributed by atoms with Gasteiger partial charge in [0.05, 0.1) is 7.11 Å². The molecule has 0 heterocycles. The highest BCUT2D eigenvalue weighted by atomic mass is 19.1. The first-order valence-corrected chi connectivity index (χ1v) is 5.16. The monoisotopic (exact) mass is 226 g/mol. The molecule has 0 amide bonds. The molecule has 0 fully saturated rings. The molecule has 0 bridgehead atoms. The number of ether oxygens (including phenoxy) is 1. The molecule has 0 atom stereocenters. The van der Waals surface area contributed by atoms with Gasteiger partial charge >= 0.3 is 0 Å². The number of benzene rings is 2. The molecule has 0 N–H and O–H groups in total. The van der Waals surface area contributed by atoms with Crippen LogP contribution >= 0.6 is 0 Å². The van der Waals surface area contributed by atoms with Gasteiger partial charge in [0, 0.05) is 5.56 Å². The summed E-state index contributed by atoms with van der Waals surface area (Å²) in [5, 5.41) is 0. The van der Waals surface area contributed by atoms with Crippen LogP contribution in [0.3, 0.4) is 0 Å². The second kappa shape index (κ2) is 4.71. The highest BCUT2D eigenvalue weighted by Gasteiger charge is 2.07. The van der Waals surface area contributed by atoms with Crippen molar-refractivity contribution in [3.8, 4) is 29.2 Å². The molecule has 0 saturated heterocycles. The zero-order valence-electron chi connectivity index (χ0n) is 9.41. The molecule has 2 rings (SSSR count). The summed E-state index contributed by atoms with van der Waals surface area (Å²) < 4.78 is 18.5. The normalized spacial score (nSPS) is 9.71. The van der Waals surface area contributed by atoms with Crippen LogP contribution in [0, 0.1) is 18.2 Å². The minimum atomic E-state index is -0.392. The zero-order valence-corrected chi connectivity index (χ0v) is 9.41. The summed E-state index contributed by atoms with van der Waals surface area (Å²) in [6.45, 7) is 0. The molecule has 17 heavy (non-hydrogen) atoms. The van der Waals surface area contributed by atoms with Crippen molar-refractivity contribution < 1.29 is 9.13 Å². The lowest BCUT2D eigenvalue weighted by atomic mass is 10.00. The Labute approximate surface area is 99.9 Å². The fourth-order valence-electron chi connectivity index (χ4n) is 1.69. The summed E-state index contributed by atoms with van der Waals surface area (Å²) in [7, 11) is 1.44. The smallest absolute Gasteiger partial charge is 0.165 e. The molecule has 0 radical (unpaired) electrons. The van der Waals surface area contributed by atoms with Gasteiger partial charge in [-0.1, -0.05) is 30.2 Å². The van der Waals surface area contributed by atoms with E-state index in [1.807, 2.05) is 24.3 Å². The first-order chi connectivity index (χ1) is 8.26. The lowest BCUT2D eigenvalue weighted by Gasteiger charge is -2.07. The van der Waals surface area contributed by atoms with E-state index < -0.39 is 5.82 Å². The maximum absolute atomic E-state index is 13.6. The van der Waals surface area contributed by atoms with Crippen molar-refractivity contribution in [2.45, 2.75) is 0 Å². The molecular weight excluding hydrogens is 215 g/mol. The van der Waals surface area contributed by atoms with E-state index in [1.165, 1.54) is 13.2 Å². The quantitative estimate of drug-likeness (QED) is 0.712. The molecule has 0 aliphatic heterocycles. The molecule has 2 aromatic carbocycles. The Morgan fingerprint density at radius 3 is 2.59 bits per heavy atom. The van der Waals surface area contributed by atoms with E-state index in [9.17, 15) is 4.39 Å². The number of hydrogen-bond acceptors (Lipinski definition) is 1. The summed E-state index contributed by atoms with van der Waals surface area (Å²) in [6, 6.07) is 12.2. The summed E-state index contributed by atoms with van der Waals surface area (Å²) >= 11 is 0. The highest BCUT2D eigenvalue weighted by molar-refractivity contribution is 5.71. The van der Waals surface area contributed by atoms with Gasteiger partial charge < -0.3 is 4.74 Å². The van der Waals surface area contributed by atoms with E-state index in [0.717, 1.165) is 16.7 Å². The third-order valence-electron chi connectivity index (χ3n) is 2.55. The van der Waals surface area contributed by atoms with E-state index in [-0.39, 0.29) is 5.75 Å². The van der Waals surface area contributed by atoms with Crippen molar-refractivity contribution in [1.82, 2.24) is 0 Å². The van der Waals surface area contributed by atoms with Gasteiger partial charge in [-0.25, -0.2) is 4.39 Å². The molecule has 0 aromatic heterocycles. The Bertz CT molecular complexity index is 582. The average molecular weight is 226 g/mol. The Balaban J connectivity index is 2.54. The maximum atomic E-state index is 13.6. The first kappa shape index (κ1) is 11.2. The van der Waals surface area contributed by atoms with Crippen LogP contribution in [-0.2, 0) is 0 Å². The molecule has 2 heteroatoms. The molecular formula is C15H11FO. The third-order valence-corrected chi connectivity index (χ3v) is 2.55. The third kappa shape index (κ3) is 2.14. The predicted molar refractivity (Wildman–Crippen MR) is 66.3 cm³/mol. The zero-order chi connectivity index (χ0) is 12.3. The molecule has 2 aromatic rings. The molecule has 0 spiro atoms. The van der Waals surface area contributed by atoms with E-state index in [1.54, 1.807) is 12.1 Å². The Kier molecular flexibility index (Phi) is 3.11. The van der Waals surface area contributed by atoms with Crippen LogP contribution in [-0.4, -0.2) is 7.11 Å². The number of hydrogen-bond donors (Lipinski definition) is 0. The average Bonchev–Trinajstić information content (AvgIpc) is 2.38. The standard InChI is InChI=1S/C15H11FO/c1-3-11-6-4-5-7-13(11)12-8-9-15(17-2)14(16)10-12/h1,4-10H,2H3. The minimum Gasteiger partial charge on any atom is -0.494 e. The van der Waals surface area contributed by atoms with Crippen LogP contribution in [0.2, 0.25) is 0 Å². The van der Waals surface area contributed by atoms with Crippen LogP contribution < -0.4 is 4.74 Å². The number of halogens is 1. The number of methoxy groups -OCH3 is 1. The molecule has 0 aliphatic carbocycles. The second-order valence-corrected chi connectivity index (χ2v) is 3.54. The Hall–Kier alpha value is -2.27. The second-order valence-electron chi connectivity index (χ2n) is 3.54. The summed E-state index contributed by atoms with van der Waals surface area (Å²) in [4.78, 5) is 0. The largest absolute Gasteiger partial charge is 0.494 e. The summed E-state index contributed by atoms with van der Waals surface area (Å²) in [5.74, 6) is 2.43. The molecule has 0 unspecified atom stereocenters. The van der Waals surface area contributed by atoms with Gasteiger partial charge in [0.15, 0.2) is 11.6 Å². The van der Waals surface area contributed by atoms with Crippen LogP contribution in [0.15, 0.2) is 42.5 Å². The highest BCUT2D eigenvalue weighted by Crippen LogP contribution is 2.27. The lowest BCUT2D eigenvalue weighted by molar-refractivity contribution is 0.386. The van der Waals surface area contributed by atoms with Gasteiger partial charge in [-0.05, 0) is 29.3 Å². The summed E-state index contributed by atoms with van der Waals surface area (Å²) in [5.41, 5.74) is 2.34. The van der Waals surface area contributed by atoms with Gasteiger partial charge in [0.1, 0.15) is 0 Å². The van der Waals surface area contributed by atoms with E-state index in [0.29, 0.717) is 0 Å². The van der Waals surface area contributed by atoms with Gasteiger partial charge in [-0.2, -0.15) is 0 Å². The Morgan fingerprint density at radius 1 is 1.18 bits per heavy atom. The van der Waals surface area contributed by atoms with Crippen LogP contribution in [0.25, 0.3) is 11.1 Å². The fraction of sp³-hybridized carbons (Fsp3) is 0.0667. The maximum Gasteiger partial charge on any atom is 0.165 e. The van der Waals surface area contributed by atoms with Gasteiger partial charge in [-0.15, -0.1) is 6.42 Å². The molecule has 1 nitrogen and oxygen atoms in total. The predicted octanol–water partition coefficient (Wildman–Crippen LogP) is 3.48. The first-order valence-electron chi connectivity index (χ1n) is 5.16. The van der Waals surface area contributed by atoms with Crippen LogP contribution in [0.5, 0.6) is 5.75 Å². The topological polar surface area (TPSA) is 9.23 Å². The lowest BCUT2D eigenvalue weighted by Crippen LogP contribution is -1.90. The van der Waals surface area contributed by atoms with Crippen molar-refractivity contribution in [2.24, 2.45) is 0 Å². The summed E-state index contributed by atoms with van der Waals surface area (Å²) in [6.07, 6.45) is 5.41. The fourth-order valence-corrected chi connectivity index (χ4v) is 1.69. The SMILES string of the molecule is C#Cc1ccccc1-c1ccc(OC)c(F)c1. The molecule has 0 saturated carbocycles. The number of rotatable bonds is 2. The van der Waals surface area contributed by atoms with E-state index in [4.69, 9.17) is 11.2 Å². The van der Waals surface area contributed by atoms with Crippen molar-refractivity contribution >= 4 is 0 Å². The van der Waals surface area contributed by atoms with Crippen molar-refractivity contribution in [1.29, 1.82) is 0 Å². The van der Waals surface area contributed by atoms with Crippen molar-refractivity contribution in [2.75, 3.05) is 7.11 Å². The molecule has 0 aliphatic rings. The van der Waals surface area contributed by atoms with Gasteiger partial charge in [-0.3, -0.25) is 0 Å². The van der Waals surface area contributed by atoms with Crippen LogP contribution in [0.4, 0.5) is 4.39 Å². The number of terminal acetylenes is 1. The Morgan fingerprint density at radius 2 is 1.94 bits per heavy atom. The van der Waals surface area contributed by atoms with Crippen molar-refractivity contribution in [3.63, 3.8) is 0 Å². The van der Waals surface area contributed by atoms with E-state index >= 15 is 0 Å². The van der Waals surface area contributed by atoms with E-state index in [2.05, 4.69) is 5.92 Å². The van der Waals surface area contributed by atoms with Gasteiger partial charge in [0.25, 0.3) is 0 Å². The van der Waals surface area contributed by atoms with Gasteiger partial charge in [0.2, 0.25) is 0 Å². The molecule has 84 valence electrons. The van der Waals surface area contributed by atoms with Crippen molar-refractivity contribution in [3.05, 3.63) is 53.8 Å². The van der Waals surface area contributed by atoms with Crippen LogP contribution in [0.1, 0.15) is 5.56 Å². The minimum absolute atomic E-state index is 0.229.